The number of hydrazine groups is 1. The van der Waals surface area contributed by atoms with Crippen molar-refractivity contribution in [1.29, 1.82) is 0 Å². The molecule has 0 aromatic carbocycles. The van der Waals surface area contributed by atoms with E-state index in [0.29, 0.717) is 13.0 Å². The number of amides is 1. The lowest BCUT2D eigenvalue weighted by atomic mass is 9.95. The summed E-state index contributed by atoms with van der Waals surface area (Å²) in [5.74, 6) is 0.236. The lowest BCUT2D eigenvalue weighted by Gasteiger charge is -2.20. The maximum absolute atomic E-state index is 11.9. The molecule has 1 aliphatic heterocycles. The second-order valence-electron chi connectivity index (χ2n) is 5.62. The van der Waals surface area contributed by atoms with Crippen LogP contribution in [0.1, 0.15) is 38.8 Å². The van der Waals surface area contributed by atoms with Gasteiger partial charge < -0.3 is 10.1 Å². The molecule has 1 aliphatic rings. The van der Waals surface area contributed by atoms with E-state index in [4.69, 9.17) is 4.74 Å². The highest BCUT2D eigenvalue weighted by atomic mass is 16.5. The van der Waals surface area contributed by atoms with Crippen molar-refractivity contribution in [3.63, 3.8) is 0 Å². The topological polar surface area (TPSA) is 75.3 Å². The number of carbonyl (C=O) groups excluding carboxylic acids is 1. The highest BCUT2D eigenvalue weighted by Crippen LogP contribution is 2.26. The molecule has 2 heterocycles. The molecule has 3 atom stereocenters. The Labute approximate surface area is 125 Å². The molecule has 1 fully saturated rings. The third-order valence-electron chi connectivity index (χ3n) is 3.61. The molecule has 0 saturated carbocycles. The zero-order valence-electron chi connectivity index (χ0n) is 12.8. The molecule has 1 aromatic heterocycles. The number of hydrogen-bond donors (Lipinski definition) is 3. The predicted octanol–water partition coefficient (Wildman–Crippen LogP) is 1.12. The van der Waals surface area contributed by atoms with Crippen molar-refractivity contribution < 1.29 is 9.53 Å². The Balaban J connectivity index is 1.82. The summed E-state index contributed by atoms with van der Waals surface area (Å²) in [6.45, 7) is 6.48. The minimum Gasteiger partial charge on any atom is -0.378 e. The van der Waals surface area contributed by atoms with E-state index in [9.17, 15) is 4.79 Å². The van der Waals surface area contributed by atoms with Gasteiger partial charge in [0.25, 0.3) is 0 Å². The van der Waals surface area contributed by atoms with E-state index in [-0.39, 0.29) is 30.1 Å². The van der Waals surface area contributed by atoms with Crippen LogP contribution in [0.5, 0.6) is 0 Å². The highest BCUT2D eigenvalue weighted by Gasteiger charge is 2.33. The number of pyridine rings is 1. The Morgan fingerprint density at radius 1 is 1.38 bits per heavy atom. The van der Waals surface area contributed by atoms with E-state index in [0.717, 1.165) is 5.56 Å². The van der Waals surface area contributed by atoms with Crippen molar-refractivity contribution in [2.45, 2.75) is 45.5 Å². The van der Waals surface area contributed by atoms with Gasteiger partial charge in [0, 0.05) is 18.3 Å². The van der Waals surface area contributed by atoms with Crippen LogP contribution in [-0.2, 0) is 9.53 Å². The molecule has 1 saturated heterocycles. The van der Waals surface area contributed by atoms with Crippen LogP contribution < -0.4 is 16.2 Å². The average molecular weight is 292 g/mol. The number of nitrogens with one attached hydrogen (secondary N) is 3. The molecular formula is C15H24N4O2. The summed E-state index contributed by atoms with van der Waals surface area (Å²) in [5, 5.41) is 2.99. The number of hydrogen-bond acceptors (Lipinski definition) is 5. The van der Waals surface area contributed by atoms with Crippen LogP contribution in [0, 0.1) is 5.92 Å². The van der Waals surface area contributed by atoms with Crippen molar-refractivity contribution in [2.24, 2.45) is 5.92 Å². The third kappa shape index (κ3) is 4.49. The van der Waals surface area contributed by atoms with Crippen molar-refractivity contribution in [1.82, 2.24) is 21.2 Å². The van der Waals surface area contributed by atoms with Gasteiger partial charge in [0.2, 0.25) is 5.91 Å². The predicted molar refractivity (Wildman–Crippen MR) is 80.0 cm³/mol. The monoisotopic (exact) mass is 292 g/mol. The van der Waals surface area contributed by atoms with Gasteiger partial charge >= 0.3 is 0 Å². The second-order valence-corrected chi connectivity index (χ2v) is 5.62. The van der Waals surface area contributed by atoms with Crippen LogP contribution in [0.15, 0.2) is 24.5 Å². The van der Waals surface area contributed by atoms with E-state index in [2.05, 4.69) is 28.1 Å². The first-order chi connectivity index (χ1) is 10.1. The largest absolute Gasteiger partial charge is 0.378 e. The van der Waals surface area contributed by atoms with Gasteiger partial charge in [0.15, 0.2) is 0 Å². The zero-order valence-corrected chi connectivity index (χ0v) is 12.8. The normalized spacial score (nSPS) is 25.2. The number of nitrogens with zero attached hydrogens (tertiary/aromatic N) is 1. The molecule has 3 unspecified atom stereocenters. The zero-order chi connectivity index (χ0) is 15.2. The van der Waals surface area contributed by atoms with Crippen molar-refractivity contribution in [2.75, 3.05) is 6.61 Å². The molecule has 0 radical (unpaired) electrons. The third-order valence-corrected chi connectivity index (χ3v) is 3.61. The summed E-state index contributed by atoms with van der Waals surface area (Å²) in [4.78, 5) is 15.9. The maximum atomic E-state index is 11.9. The average Bonchev–Trinajstić information content (AvgIpc) is 2.81. The standard InChI is InChI=1S/C15H24N4O2/c1-10(2)21-9-6-13(20)17-15-11(3)14(18-19-15)12-4-7-16-8-5-12/h4-5,7-8,10-11,14-15,18-19H,6,9H2,1-3H3,(H,17,20). The molecule has 3 N–H and O–H groups in total. The van der Waals surface area contributed by atoms with Gasteiger partial charge in [-0.25, -0.2) is 10.9 Å². The number of carbonyl (C=O) groups is 1. The lowest BCUT2D eigenvalue weighted by Crippen LogP contribution is -2.46. The van der Waals surface area contributed by atoms with Gasteiger partial charge in [-0.05, 0) is 31.5 Å². The maximum Gasteiger partial charge on any atom is 0.223 e. The van der Waals surface area contributed by atoms with Gasteiger partial charge in [-0.3, -0.25) is 9.78 Å². The lowest BCUT2D eigenvalue weighted by molar-refractivity contribution is -0.123. The van der Waals surface area contributed by atoms with E-state index in [1.54, 1.807) is 12.4 Å². The van der Waals surface area contributed by atoms with Crippen LogP contribution in [0.4, 0.5) is 0 Å². The summed E-state index contributed by atoms with van der Waals surface area (Å²) in [6.07, 6.45) is 4.00. The SMILES string of the molecule is CC(C)OCCC(=O)NC1NNC(c2ccncc2)C1C. The smallest absolute Gasteiger partial charge is 0.223 e. The summed E-state index contributed by atoms with van der Waals surface area (Å²) >= 11 is 0. The number of aromatic nitrogens is 1. The molecule has 2 rings (SSSR count). The van der Waals surface area contributed by atoms with Crippen molar-refractivity contribution in [3.8, 4) is 0 Å². The molecule has 6 heteroatoms. The van der Waals surface area contributed by atoms with Crippen molar-refractivity contribution in [3.05, 3.63) is 30.1 Å². The molecule has 116 valence electrons. The Morgan fingerprint density at radius 3 is 2.76 bits per heavy atom. The molecule has 1 amide bonds. The van der Waals surface area contributed by atoms with Crippen LogP contribution in [0.2, 0.25) is 0 Å². The number of ether oxygens (including phenoxy) is 1. The number of rotatable bonds is 6. The fourth-order valence-corrected chi connectivity index (χ4v) is 2.39. The van der Waals surface area contributed by atoms with Crippen LogP contribution in [0.25, 0.3) is 0 Å². The van der Waals surface area contributed by atoms with Gasteiger partial charge in [-0.15, -0.1) is 0 Å². The van der Waals surface area contributed by atoms with Gasteiger partial charge in [-0.1, -0.05) is 6.92 Å². The first kappa shape index (κ1) is 15.9. The van der Waals surface area contributed by atoms with E-state index < -0.39 is 0 Å². The Bertz CT molecular complexity index is 452. The van der Waals surface area contributed by atoms with E-state index in [1.165, 1.54) is 0 Å². The second kappa shape index (κ2) is 7.49. The molecule has 0 aliphatic carbocycles. The van der Waals surface area contributed by atoms with Gasteiger partial charge in [-0.2, -0.15) is 0 Å². The van der Waals surface area contributed by atoms with E-state index in [1.807, 2.05) is 26.0 Å². The van der Waals surface area contributed by atoms with Gasteiger partial charge in [0.05, 0.1) is 31.3 Å². The molecule has 21 heavy (non-hydrogen) atoms. The van der Waals surface area contributed by atoms with Crippen LogP contribution >= 0.6 is 0 Å². The fourth-order valence-electron chi connectivity index (χ4n) is 2.39. The molecule has 6 nitrogen and oxygen atoms in total. The first-order valence-corrected chi connectivity index (χ1v) is 7.40. The molecule has 0 bridgehead atoms. The van der Waals surface area contributed by atoms with Gasteiger partial charge in [0.1, 0.15) is 0 Å². The molecule has 1 aromatic rings. The minimum atomic E-state index is -0.0882. The fraction of sp³-hybridized carbons (Fsp3) is 0.600. The Morgan fingerprint density at radius 2 is 2.10 bits per heavy atom. The van der Waals surface area contributed by atoms with Crippen molar-refractivity contribution >= 4 is 5.91 Å². The van der Waals surface area contributed by atoms with Crippen LogP contribution in [-0.4, -0.2) is 29.8 Å². The van der Waals surface area contributed by atoms with Crippen LogP contribution in [0.3, 0.4) is 0 Å². The summed E-state index contributed by atoms with van der Waals surface area (Å²) < 4.78 is 5.39. The Hall–Kier alpha value is -1.50. The molecule has 0 spiro atoms. The summed E-state index contributed by atoms with van der Waals surface area (Å²) in [6, 6.07) is 4.12. The Kier molecular flexibility index (Phi) is 5.67. The summed E-state index contributed by atoms with van der Waals surface area (Å²) in [5.41, 5.74) is 7.53. The highest BCUT2D eigenvalue weighted by molar-refractivity contribution is 5.76. The van der Waals surface area contributed by atoms with E-state index >= 15 is 0 Å². The quantitative estimate of drug-likeness (QED) is 0.733. The summed E-state index contributed by atoms with van der Waals surface area (Å²) in [7, 11) is 0. The molecular weight excluding hydrogens is 268 g/mol. The first-order valence-electron chi connectivity index (χ1n) is 7.40. The minimum absolute atomic E-state index is 0.00261.